The lowest BCUT2D eigenvalue weighted by Gasteiger charge is -2.14. The molecule has 0 saturated heterocycles. The van der Waals surface area contributed by atoms with Crippen molar-refractivity contribution in [1.29, 1.82) is 0 Å². The average Bonchev–Trinajstić information content (AvgIpc) is 2.79. The Labute approximate surface area is 186 Å². The summed E-state index contributed by atoms with van der Waals surface area (Å²) in [5.41, 5.74) is 4.49. The number of carbonyl (C=O) groups is 1. The molecule has 0 radical (unpaired) electrons. The Kier molecular flexibility index (Phi) is 5.81. The lowest BCUT2D eigenvalue weighted by Crippen LogP contribution is -2.15. The van der Waals surface area contributed by atoms with Crippen molar-refractivity contribution in [3.63, 3.8) is 0 Å². The van der Waals surface area contributed by atoms with Crippen LogP contribution in [0.4, 0.5) is 11.4 Å². The highest BCUT2D eigenvalue weighted by Gasteiger charge is 2.17. The molecule has 1 N–H and O–H groups in total. The molecular formula is C27H22N2O3. The van der Waals surface area contributed by atoms with Crippen LogP contribution >= 0.6 is 0 Å². The van der Waals surface area contributed by atoms with E-state index >= 15 is 0 Å². The first-order chi connectivity index (χ1) is 15.4. The second-order valence-corrected chi connectivity index (χ2v) is 7.71. The Bertz CT molecular complexity index is 1370. The van der Waals surface area contributed by atoms with E-state index in [1.807, 2.05) is 74.5 Å². The maximum Gasteiger partial charge on any atom is 0.270 e. The molecule has 0 heterocycles. The van der Waals surface area contributed by atoms with Crippen LogP contribution in [0, 0.1) is 24.0 Å². The van der Waals surface area contributed by atoms with Gasteiger partial charge in [-0.2, -0.15) is 0 Å². The summed E-state index contributed by atoms with van der Waals surface area (Å²) in [6, 6.07) is 25.8. The van der Waals surface area contributed by atoms with Crippen LogP contribution in [0.25, 0.3) is 22.4 Å². The smallest absolute Gasteiger partial charge is 0.270 e. The topological polar surface area (TPSA) is 72.2 Å². The third kappa shape index (κ3) is 4.42. The Morgan fingerprint density at radius 1 is 0.906 bits per heavy atom. The number of hydrogen-bond donors (Lipinski definition) is 1. The number of benzene rings is 4. The summed E-state index contributed by atoms with van der Waals surface area (Å²) in [6.07, 6.45) is 1.70. The molecule has 4 aromatic rings. The van der Waals surface area contributed by atoms with E-state index in [0.717, 1.165) is 33.2 Å². The summed E-state index contributed by atoms with van der Waals surface area (Å²) in [5.74, 6) is -0.276. The number of nitrogens with zero attached hydrogens (tertiary/aromatic N) is 1. The van der Waals surface area contributed by atoms with Gasteiger partial charge in [-0.05, 0) is 59.0 Å². The van der Waals surface area contributed by atoms with Crippen LogP contribution in [0.15, 0.2) is 84.9 Å². The van der Waals surface area contributed by atoms with E-state index in [1.54, 1.807) is 18.2 Å². The van der Waals surface area contributed by atoms with Gasteiger partial charge in [-0.15, -0.1) is 0 Å². The molecule has 0 aromatic heterocycles. The summed E-state index contributed by atoms with van der Waals surface area (Å²) >= 11 is 0. The van der Waals surface area contributed by atoms with Gasteiger partial charge in [0.1, 0.15) is 0 Å². The maximum atomic E-state index is 13.5. The third-order valence-electron chi connectivity index (χ3n) is 5.36. The van der Waals surface area contributed by atoms with E-state index in [0.29, 0.717) is 11.1 Å². The number of hydrogen-bond acceptors (Lipinski definition) is 3. The van der Waals surface area contributed by atoms with Crippen molar-refractivity contribution in [2.45, 2.75) is 13.8 Å². The van der Waals surface area contributed by atoms with E-state index in [4.69, 9.17) is 0 Å². The third-order valence-corrected chi connectivity index (χ3v) is 5.36. The van der Waals surface area contributed by atoms with Gasteiger partial charge in [0.2, 0.25) is 0 Å². The highest BCUT2D eigenvalue weighted by atomic mass is 16.6. The van der Waals surface area contributed by atoms with Crippen LogP contribution in [-0.4, -0.2) is 10.8 Å². The van der Waals surface area contributed by atoms with Crippen LogP contribution < -0.4 is 5.32 Å². The van der Waals surface area contributed by atoms with Crippen LogP contribution in [0.2, 0.25) is 0 Å². The fourth-order valence-corrected chi connectivity index (χ4v) is 3.68. The standard InChI is InChI=1S/C27H22N2O3/c1-18-13-14-19(2)26(15-18)28-27(30)25(17-20-7-5-10-22(16-20)29(31)32)24-12-6-9-21-8-3-4-11-23(21)24/h3-17H,1-2H3,(H,28,30). The second kappa shape index (κ2) is 8.86. The van der Waals surface area contributed by atoms with Crippen molar-refractivity contribution in [3.8, 4) is 0 Å². The van der Waals surface area contributed by atoms with E-state index in [-0.39, 0.29) is 11.6 Å². The van der Waals surface area contributed by atoms with Crippen molar-refractivity contribution in [2.24, 2.45) is 0 Å². The second-order valence-electron chi connectivity index (χ2n) is 7.71. The Hall–Kier alpha value is -4.25. The van der Waals surface area contributed by atoms with Crippen molar-refractivity contribution in [1.82, 2.24) is 0 Å². The first kappa shape index (κ1) is 21.0. The van der Waals surface area contributed by atoms with Crippen molar-refractivity contribution in [3.05, 3.63) is 117 Å². The van der Waals surface area contributed by atoms with Gasteiger partial charge in [0.15, 0.2) is 0 Å². The monoisotopic (exact) mass is 422 g/mol. The minimum Gasteiger partial charge on any atom is -0.322 e. The molecule has 5 heteroatoms. The zero-order valence-electron chi connectivity index (χ0n) is 17.8. The summed E-state index contributed by atoms with van der Waals surface area (Å²) in [7, 11) is 0. The summed E-state index contributed by atoms with van der Waals surface area (Å²) in [4.78, 5) is 24.3. The van der Waals surface area contributed by atoms with Crippen molar-refractivity contribution >= 4 is 39.7 Å². The maximum absolute atomic E-state index is 13.5. The Balaban J connectivity index is 1.86. The minimum atomic E-state index is -0.439. The van der Waals surface area contributed by atoms with Crippen LogP contribution in [0.1, 0.15) is 22.3 Å². The number of carbonyl (C=O) groups excluding carboxylic acids is 1. The molecule has 0 aliphatic rings. The van der Waals surface area contributed by atoms with Gasteiger partial charge in [-0.1, -0.05) is 66.7 Å². The molecule has 5 nitrogen and oxygen atoms in total. The molecule has 1 amide bonds. The van der Waals surface area contributed by atoms with Crippen LogP contribution in [-0.2, 0) is 4.79 Å². The molecule has 0 saturated carbocycles. The fraction of sp³-hybridized carbons (Fsp3) is 0.0741. The molecule has 0 unspecified atom stereocenters. The number of aryl methyl sites for hydroxylation is 2. The summed E-state index contributed by atoms with van der Waals surface area (Å²) < 4.78 is 0. The van der Waals surface area contributed by atoms with Gasteiger partial charge in [0, 0.05) is 23.4 Å². The molecule has 158 valence electrons. The molecular weight excluding hydrogens is 400 g/mol. The highest BCUT2D eigenvalue weighted by molar-refractivity contribution is 6.31. The fourth-order valence-electron chi connectivity index (χ4n) is 3.68. The number of anilines is 1. The van der Waals surface area contributed by atoms with Crippen LogP contribution in [0.5, 0.6) is 0 Å². The molecule has 0 aliphatic heterocycles. The van der Waals surface area contributed by atoms with E-state index < -0.39 is 4.92 Å². The molecule has 4 aromatic carbocycles. The number of nitro benzene ring substituents is 1. The van der Waals surface area contributed by atoms with Gasteiger partial charge in [0.25, 0.3) is 11.6 Å². The number of nitrogens with one attached hydrogen (secondary N) is 1. The molecule has 0 spiro atoms. The summed E-state index contributed by atoms with van der Waals surface area (Å²) in [6.45, 7) is 3.91. The largest absolute Gasteiger partial charge is 0.322 e. The molecule has 32 heavy (non-hydrogen) atoms. The lowest BCUT2D eigenvalue weighted by atomic mass is 9.95. The van der Waals surface area contributed by atoms with E-state index in [9.17, 15) is 14.9 Å². The zero-order valence-corrected chi connectivity index (χ0v) is 17.8. The number of nitro groups is 1. The molecule has 0 atom stereocenters. The predicted octanol–water partition coefficient (Wildman–Crippen LogP) is 6.54. The number of non-ortho nitro benzene ring substituents is 1. The predicted molar refractivity (Wildman–Crippen MR) is 129 cm³/mol. The van der Waals surface area contributed by atoms with Gasteiger partial charge < -0.3 is 5.32 Å². The Morgan fingerprint density at radius 3 is 2.47 bits per heavy atom. The van der Waals surface area contributed by atoms with E-state index in [1.165, 1.54) is 12.1 Å². The molecule has 0 aliphatic carbocycles. The molecule has 0 fully saturated rings. The first-order valence-corrected chi connectivity index (χ1v) is 10.3. The van der Waals surface area contributed by atoms with E-state index in [2.05, 4.69) is 5.32 Å². The molecule has 0 bridgehead atoms. The lowest BCUT2D eigenvalue weighted by molar-refractivity contribution is -0.384. The summed E-state index contributed by atoms with van der Waals surface area (Å²) in [5, 5.41) is 16.2. The zero-order chi connectivity index (χ0) is 22.7. The van der Waals surface area contributed by atoms with Crippen molar-refractivity contribution < 1.29 is 9.72 Å². The van der Waals surface area contributed by atoms with Crippen molar-refractivity contribution in [2.75, 3.05) is 5.32 Å². The first-order valence-electron chi connectivity index (χ1n) is 10.3. The van der Waals surface area contributed by atoms with Crippen LogP contribution in [0.3, 0.4) is 0 Å². The minimum absolute atomic E-state index is 0.0223. The normalized spacial score (nSPS) is 11.4. The number of fused-ring (bicyclic) bond motifs is 1. The van der Waals surface area contributed by atoms with Gasteiger partial charge in [0.05, 0.1) is 4.92 Å². The van der Waals surface area contributed by atoms with Gasteiger partial charge >= 0.3 is 0 Å². The Morgan fingerprint density at radius 2 is 1.66 bits per heavy atom. The van der Waals surface area contributed by atoms with Gasteiger partial charge in [-0.25, -0.2) is 0 Å². The SMILES string of the molecule is Cc1ccc(C)c(NC(=O)C(=Cc2cccc([N+](=O)[O-])c2)c2cccc3ccccc23)c1. The van der Waals surface area contributed by atoms with Gasteiger partial charge in [-0.3, -0.25) is 14.9 Å². The number of rotatable bonds is 5. The molecule has 4 rings (SSSR count). The number of amides is 1. The highest BCUT2D eigenvalue weighted by Crippen LogP contribution is 2.29. The quantitative estimate of drug-likeness (QED) is 0.172. The average molecular weight is 422 g/mol.